The number of nitrogens with zero attached hydrogens (tertiary/aromatic N) is 2. The Morgan fingerprint density at radius 3 is 2.56 bits per heavy atom. The Kier molecular flexibility index (Phi) is 2.41. The molecule has 0 bridgehead atoms. The van der Waals surface area contributed by atoms with Crippen molar-refractivity contribution in [1.82, 2.24) is 0 Å². The van der Waals surface area contributed by atoms with Crippen LogP contribution in [0, 0.1) is 11.3 Å². The van der Waals surface area contributed by atoms with Crippen molar-refractivity contribution in [1.29, 1.82) is 5.26 Å². The molecule has 0 fully saturated rings. The Morgan fingerprint density at radius 1 is 1.19 bits per heavy atom. The van der Waals surface area contributed by atoms with Crippen molar-refractivity contribution in [3.8, 4) is 11.8 Å². The minimum absolute atomic E-state index is 0.0595. The van der Waals surface area contributed by atoms with Gasteiger partial charge in [-0.1, -0.05) is 18.2 Å². The number of nitriles is 1. The Balaban J connectivity index is 2.89. The zero-order valence-corrected chi connectivity index (χ0v) is 9.23. The first-order valence-electron chi connectivity index (χ1n) is 4.97. The Hall–Kier alpha value is -2.21. The third kappa shape index (κ3) is 1.45. The molecule has 0 spiro atoms. The lowest BCUT2D eigenvalue weighted by Crippen LogP contribution is -2.09. The maximum Gasteiger partial charge on any atom is 0.143 e. The number of hydrogen-bond acceptors (Lipinski definition) is 3. The third-order valence-corrected chi connectivity index (χ3v) is 2.60. The van der Waals surface area contributed by atoms with E-state index in [1.54, 1.807) is 6.07 Å². The lowest BCUT2D eigenvalue weighted by Gasteiger charge is -2.16. The fourth-order valence-electron chi connectivity index (χ4n) is 1.80. The van der Waals surface area contributed by atoms with E-state index in [2.05, 4.69) is 0 Å². The van der Waals surface area contributed by atoms with Crippen LogP contribution in [-0.2, 0) is 0 Å². The molecule has 3 heteroatoms. The van der Waals surface area contributed by atoms with Gasteiger partial charge in [0.25, 0.3) is 0 Å². The van der Waals surface area contributed by atoms with E-state index in [0.717, 1.165) is 16.5 Å². The second-order valence-electron chi connectivity index (χ2n) is 3.84. The summed E-state index contributed by atoms with van der Waals surface area (Å²) < 4.78 is 0. The van der Waals surface area contributed by atoms with Crippen molar-refractivity contribution in [3.05, 3.63) is 35.9 Å². The van der Waals surface area contributed by atoms with Crippen LogP contribution in [0.25, 0.3) is 10.8 Å². The van der Waals surface area contributed by atoms with Crippen LogP contribution in [-0.4, -0.2) is 19.2 Å². The highest BCUT2D eigenvalue weighted by molar-refractivity contribution is 6.00. The number of aromatic hydroxyl groups is 1. The molecule has 0 aliphatic rings. The van der Waals surface area contributed by atoms with Gasteiger partial charge in [0.15, 0.2) is 0 Å². The number of phenols is 1. The van der Waals surface area contributed by atoms with Crippen LogP contribution in [0.2, 0.25) is 0 Å². The van der Waals surface area contributed by atoms with Gasteiger partial charge in [-0.25, -0.2) is 0 Å². The fourth-order valence-corrected chi connectivity index (χ4v) is 1.80. The molecule has 3 nitrogen and oxygen atoms in total. The molecular weight excluding hydrogens is 200 g/mol. The van der Waals surface area contributed by atoms with E-state index >= 15 is 0 Å². The molecule has 0 radical (unpaired) electrons. The SMILES string of the molecule is CN(C)c1cccc2ccc(C#N)c(O)c12. The summed E-state index contributed by atoms with van der Waals surface area (Å²) in [5, 5.41) is 20.6. The van der Waals surface area contributed by atoms with Gasteiger partial charge in [-0.2, -0.15) is 5.26 Å². The summed E-state index contributed by atoms with van der Waals surface area (Å²) in [4.78, 5) is 1.92. The van der Waals surface area contributed by atoms with Gasteiger partial charge in [-0.15, -0.1) is 0 Å². The van der Waals surface area contributed by atoms with Crippen LogP contribution in [0.15, 0.2) is 30.3 Å². The number of benzene rings is 2. The number of anilines is 1. The third-order valence-electron chi connectivity index (χ3n) is 2.60. The van der Waals surface area contributed by atoms with E-state index < -0.39 is 0 Å². The molecule has 0 aliphatic carbocycles. The Bertz CT molecular complexity index is 582. The zero-order valence-electron chi connectivity index (χ0n) is 9.23. The van der Waals surface area contributed by atoms with Gasteiger partial charge in [0.05, 0.1) is 5.56 Å². The molecule has 0 aromatic heterocycles. The molecule has 0 saturated heterocycles. The molecule has 16 heavy (non-hydrogen) atoms. The molecule has 0 heterocycles. The van der Waals surface area contributed by atoms with E-state index in [-0.39, 0.29) is 5.75 Å². The van der Waals surface area contributed by atoms with E-state index in [1.165, 1.54) is 0 Å². The van der Waals surface area contributed by atoms with Crippen molar-refractivity contribution in [2.45, 2.75) is 0 Å². The smallest absolute Gasteiger partial charge is 0.143 e. The Morgan fingerprint density at radius 2 is 1.94 bits per heavy atom. The highest BCUT2D eigenvalue weighted by atomic mass is 16.3. The normalized spacial score (nSPS) is 10.1. The molecular formula is C13H12N2O. The number of hydrogen-bond donors (Lipinski definition) is 1. The number of rotatable bonds is 1. The lowest BCUT2D eigenvalue weighted by atomic mass is 10.0. The van der Waals surface area contributed by atoms with Crippen molar-refractivity contribution >= 4 is 16.5 Å². The first kappa shape index (κ1) is 10.3. The van der Waals surface area contributed by atoms with E-state index in [1.807, 2.05) is 49.3 Å². The van der Waals surface area contributed by atoms with Crippen LogP contribution in [0.3, 0.4) is 0 Å². The summed E-state index contributed by atoms with van der Waals surface area (Å²) in [5.74, 6) is 0.0595. The highest BCUT2D eigenvalue weighted by Gasteiger charge is 2.10. The fraction of sp³-hybridized carbons (Fsp3) is 0.154. The van der Waals surface area contributed by atoms with Gasteiger partial charge in [0.1, 0.15) is 11.8 Å². The van der Waals surface area contributed by atoms with Gasteiger partial charge < -0.3 is 10.0 Å². The quantitative estimate of drug-likeness (QED) is 0.790. The average Bonchev–Trinajstić information content (AvgIpc) is 2.29. The van der Waals surface area contributed by atoms with Crippen molar-refractivity contribution in [2.75, 3.05) is 19.0 Å². The van der Waals surface area contributed by atoms with Gasteiger partial charge in [0.2, 0.25) is 0 Å². The van der Waals surface area contributed by atoms with Crippen molar-refractivity contribution < 1.29 is 5.11 Å². The zero-order chi connectivity index (χ0) is 11.7. The first-order valence-corrected chi connectivity index (χ1v) is 4.97. The van der Waals surface area contributed by atoms with Gasteiger partial charge in [0, 0.05) is 25.2 Å². The number of phenolic OH excluding ortho intramolecular Hbond substituents is 1. The minimum atomic E-state index is 0.0595. The molecule has 0 amide bonds. The summed E-state index contributed by atoms with van der Waals surface area (Å²) in [7, 11) is 3.82. The topological polar surface area (TPSA) is 47.3 Å². The van der Waals surface area contributed by atoms with Crippen LogP contribution < -0.4 is 4.90 Å². The van der Waals surface area contributed by atoms with E-state index in [4.69, 9.17) is 5.26 Å². The van der Waals surface area contributed by atoms with Crippen LogP contribution in [0.5, 0.6) is 5.75 Å². The minimum Gasteiger partial charge on any atom is -0.506 e. The maximum atomic E-state index is 10.0. The molecule has 0 aliphatic heterocycles. The van der Waals surface area contributed by atoms with Crippen LogP contribution >= 0.6 is 0 Å². The molecule has 0 saturated carbocycles. The monoisotopic (exact) mass is 212 g/mol. The molecule has 0 atom stereocenters. The van der Waals surface area contributed by atoms with Gasteiger partial charge >= 0.3 is 0 Å². The molecule has 80 valence electrons. The van der Waals surface area contributed by atoms with Gasteiger partial charge in [-0.3, -0.25) is 0 Å². The molecule has 2 rings (SSSR count). The first-order chi connectivity index (χ1) is 7.65. The largest absolute Gasteiger partial charge is 0.506 e. The summed E-state index contributed by atoms with van der Waals surface area (Å²) in [6, 6.07) is 11.2. The molecule has 2 aromatic rings. The van der Waals surface area contributed by atoms with Crippen molar-refractivity contribution in [3.63, 3.8) is 0 Å². The maximum absolute atomic E-state index is 10.0. The van der Waals surface area contributed by atoms with E-state index in [9.17, 15) is 5.11 Å². The predicted octanol–water partition coefficient (Wildman–Crippen LogP) is 2.48. The van der Waals surface area contributed by atoms with E-state index in [0.29, 0.717) is 5.56 Å². The molecule has 1 N–H and O–H groups in total. The molecule has 0 unspecified atom stereocenters. The summed E-state index contributed by atoms with van der Waals surface area (Å²) >= 11 is 0. The Labute approximate surface area is 94.2 Å². The summed E-state index contributed by atoms with van der Waals surface area (Å²) in [6.07, 6.45) is 0. The second-order valence-corrected chi connectivity index (χ2v) is 3.84. The highest BCUT2D eigenvalue weighted by Crippen LogP contribution is 2.35. The summed E-state index contributed by atoms with van der Waals surface area (Å²) in [6.45, 7) is 0. The summed E-state index contributed by atoms with van der Waals surface area (Å²) in [5.41, 5.74) is 1.22. The van der Waals surface area contributed by atoms with Crippen LogP contribution in [0.1, 0.15) is 5.56 Å². The van der Waals surface area contributed by atoms with Crippen molar-refractivity contribution in [2.24, 2.45) is 0 Å². The second kappa shape index (κ2) is 3.74. The number of fused-ring (bicyclic) bond motifs is 1. The predicted molar refractivity (Wildman–Crippen MR) is 64.7 cm³/mol. The standard InChI is InChI=1S/C13H12N2O/c1-15(2)11-5-3-4-9-6-7-10(8-14)13(16)12(9)11/h3-7,16H,1-2H3. The van der Waals surface area contributed by atoms with Crippen LogP contribution in [0.4, 0.5) is 5.69 Å². The van der Waals surface area contributed by atoms with Gasteiger partial charge in [-0.05, 0) is 17.5 Å². The lowest BCUT2D eigenvalue weighted by molar-refractivity contribution is 0.480. The average molecular weight is 212 g/mol. The molecule has 2 aromatic carbocycles.